The maximum absolute atomic E-state index is 13.0. The lowest BCUT2D eigenvalue weighted by atomic mass is 10.1. The molecule has 7 nitrogen and oxygen atoms in total. The minimum Gasteiger partial charge on any atom is -0.485 e. The highest BCUT2D eigenvalue weighted by atomic mass is 19.1. The van der Waals surface area contributed by atoms with Crippen LogP contribution in [0.25, 0.3) is 0 Å². The second-order valence-electron chi connectivity index (χ2n) is 5.40. The number of tetrazole rings is 1. The van der Waals surface area contributed by atoms with Crippen molar-refractivity contribution in [3.05, 3.63) is 71.3 Å². The molecule has 3 aromatic rings. The van der Waals surface area contributed by atoms with Gasteiger partial charge in [0.15, 0.2) is 6.61 Å². The fraction of sp³-hybridized carbons (Fsp3) is 0.176. The molecule has 1 N–H and O–H groups in total. The van der Waals surface area contributed by atoms with Crippen LogP contribution in [0.3, 0.4) is 0 Å². The summed E-state index contributed by atoms with van der Waals surface area (Å²) in [6, 6.07) is 13.0. The van der Waals surface area contributed by atoms with Crippen LogP contribution in [0, 0.1) is 5.82 Å². The molecule has 0 bridgehead atoms. The van der Waals surface area contributed by atoms with Crippen molar-refractivity contribution in [2.24, 2.45) is 0 Å². The number of para-hydroxylation sites is 1. The van der Waals surface area contributed by atoms with Gasteiger partial charge in [0, 0.05) is 13.6 Å². The van der Waals surface area contributed by atoms with E-state index in [0.29, 0.717) is 23.7 Å². The molecular formula is C17H16FN5O2. The van der Waals surface area contributed by atoms with E-state index in [0.717, 1.165) is 5.56 Å². The van der Waals surface area contributed by atoms with Crippen molar-refractivity contribution in [3.63, 3.8) is 0 Å². The van der Waals surface area contributed by atoms with Gasteiger partial charge in [-0.3, -0.25) is 4.79 Å². The van der Waals surface area contributed by atoms with Crippen LogP contribution in [0.4, 0.5) is 4.39 Å². The van der Waals surface area contributed by atoms with Crippen LogP contribution >= 0.6 is 0 Å². The number of rotatable bonds is 6. The molecule has 0 fully saturated rings. The van der Waals surface area contributed by atoms with E-state index in [1.165, 1.54) is 12.1 Å². The average molecular weight is 341 g/mol. The van der Waals surface area contributed by atoms with Crippen LogP contribution in [0.5, 0.6) is 5.75 Å². The molecule has 8 heteroatoms. The highest BCUT2D eigenvalue weighted by Crippen LogP contribution is 2.21. The molecule has 0 atom stereocenters. The first-order valence-electron chi connectivity index (χ1n) is 7.57. The zero-order valence-corrected chi connectivity index (χ0v) is 13.5. The number of ether oxygens (including phenoxy) is 1. The minimum atomic E-state index is -0.307. The lowest BCUT2D eigenvalue weighted by molar-refractivity contribution is 0.0780. The van der Waals surface area contributed by atoms with Gasteiger partial charge in [0.05, 0.1) is 5.56 Å². The largest absolute Gasteiger partial charge is 0.485 e. The molecule has 25 heavy (non-hydrogen) atoms. The first-order chi connectivity index (χ1) is 12.1. The Balaban J connectivity index is 1.71. The highest BCUT2D eigenvalue weighted by molar-refractivity contribution is 5.96. The van der Waals surface area contributed by atoms with E-state index in [1.54, 1.807) is 48.3 Å². The maximum atomic E-state index is 13.0. The number of aromatic amines is 1. The zero-order chi connectivity index (χ0) is 17.6. The van der Waals surface area contributed by atoms with Crippen molar-refractivity contribution >= 4 is 5.91 Å². The Bertz CT molecular complexity index is 837. The van der Waals surface area contributed by atoms with Crippen molar-refractivity contribution in [2.45, 2.75) is 13.2 Å². The first kappa shape index (κ1) is 16.6. The Kier molecular flexibility index (Phi) is 4.98. The third-order valence-electron chi connectivity index (χ3n) is 3.54. The van der Waals surface area contributed by atoms with Crippen LogP contribution in [0.2, 0.25) is 0 Å². The summed E-state index contributed by atoms with van der Waals surface area (Å²) >= 11 is 0. The maximum Gasteiger partial charge on any atom is 0.257 e. The van der Waals surface area contributed by atoms with Gasteiger partial charge in [0.25, 0.3) is 5.91 Å². The summed E-state index contributed by atoms with van der Waals surface area (Å²) in [7, 11) is 1.68. The zero-order valence-electron chi connectivity index (χ0n) is 13.5. The van der Waals surface area contributed by atoms with E-state index in [1.807, 2.05) is 0 Å². The van der Waals surface area contributed by atoms with Gasteiger partial charge in [-0.1, -0.05) is 29.5 Å². The molecule has 3 rings (SSSR count). The molecule has 1 amide bonds. The smallest absolute Gasteiger partial charge is 0.257 e. The standard InChI is InChI=1S/C17H16FN5O2/c1-23(10-12-6-8-13(18)9-7-12)17(24)14-4-2-3-5-15(14)25-11-16-19-21-22-20-16/h2-9H,10-11H2,1H3,(H,19,20,21,22). The van der Waals surface area contributed by atoms with Gasteiger partial charge in [-0.25, -0.2) is 4.39 Å². The van der Waals surface area contributed by atoms with Crippen LogP contribution in [0.15, 0.2) is 48.5 Å². The lowest BCUT2D eigenvalue weighted by Gasteiger charge is -2.19. The van der Waals surface area contributed by atoms with Gasteiger partial charge >= 0.3 is 0 Å². The van der Waals surface area contributed by atoms with Crippen LogP contribution < -0.4 is 4.74 Å². The van der Waals surface area contributed by atoms with E-state index < -0.39 is 0 Å². The predicted octanol–water partition coefficient (Wildman–Crippen LogP) is 2.19. The van der Waals surface area contributed by atoms with Crippen molar-refractivity contribution in [1.82, 2.24) is 25.5 Å². The second kappa shape index (κ2) is 7.52. The summed E-state index contributed by atoms with van der Waals surface area (Å²) in [5.41, 5.74) is 1.26. The van der Waals surface area contributed by atoms with E-state index in [4.69, 9.17) is 4.74 Å². The van der Waals surface area contributed by atoms with E-state index in [2.05, 4.69) is 20.6 Å². The fourth-order valence-electron chi connectivity index (χ4n) is 2.30. The molecule has 2 aromatic carbocycles. The van der Waals surface area contributed by atoms with E-state index in [-0.39, 0.29) is 18.3 Å². The molecule has 0 spiro atoms. The summed E-state index contributed by atoms with van der Waals surface area (Å²) in [6.45, 7) is 0.459. The summed E-state index contributed by atoms with van der Waals surface area (Å²) in [5.74, 6) is 0.316. The van der Waals surface area contributed by atoms with Gasteiger partial charge in [-0.2, -0.15) is 5.21 Å². The lowest BCUT2D eigenvalue weighted by Crippen LogP contribution is -2.26. The minimum absolute atomic E-state index is 0.0997. The first-order valence-corrected chi connectivity index (χ1v) is 7.57. The monoisotopic (exact) mass is 341 g/mol. The van der Waals surface area contributed by atoms with Gasteiger partial charge < -0.3 is 9.64 Å². The van der Waals surface area contributed by atoms with Gasteiger partial charge in [-0.05, 0) is 29.8 Å². The van der Waals surface area contributed by atoms with Crippen molar-refractivity contribution < 1.29 is 13.9 Å². The molecule has 0 saturated carbocycles. The van der Waals surface area contributed by atoms with Gasteiger partial charge in [0.2, 0.25) is 5.82 Å². The van der Waals surface area contributed by atoms with Gasteiger partial charge in [0.1, 0.15) is 11.6 Å². The average Bonchev–Trinajstić information content (AvgIpc) is 3.15. The van der Waals surface area contributed by atoms with E-state index >= 15 is 0 Å². The SMILES string of the molecule is CN(Cc1ccc(F)cc1)C(=O)c1ccccc1OCc1nn[nH]n1. The molecule has 0 aliphatic carbocycles. The normalized spacial score (nSPS) is 10.5. The predicted molar refractivity (Wildman–Crippen MR) is 87.1 cm³/mol. The molecule has 0 unspecified atom stereocenters. The summed E-state index contributed by atoms with van der Waals surface area (Å²) in [6.07, 6.45) is 0. The fourth-order valence-corrected chi connectivity index (χ4v) is 2.30. The van der Waals surface area contributed by atoms with Crippen molar-refractivity contribution in [3.8, 4) is 5.75 Å². The number of carbonyl (C=O) groups excluding carboxylic acids is 1. The Morgan fingerprint density at radius 3 is 2.68 bits per heavy atom. The Hall–Kier alpha value is -3.29. The number of benzene rings is 2. The second-order valence-corrected chi connectivity index (χ2v) is 5.40. The molecule has 128 valence electrons. The van der Waals surface area contributed by atoms with Gasteiger partial charge in [-0.15, -0.1) is 10.2 Å². The van der Waals surface area contributed by atoms with E-state index in [9.17, 15) is 9.18 Å². The summed E-state index contributed by atoms with van der Waals surface area (Å²) in [4.78, 5) is 14.3. The number of carbonyl (C=O) groups is 1. The molecule has 0 radical (unpaired) electrons. The quantitative estimate of drug-likeness (QED) is 0.743. The van der Waals surface area contributed by atoms with Crippen molar-refractivity contribution in [1.29, 1.82) is 0 Å². The number of nitrogens with zero attached hydrogens (tertiary/aromatic N) is 4. The number of halogens is 1. The molecule has 0 saturated heterocycles. The number of hydrogen-bond acceptors (Lipinski definition) is 5. The van der Waals surface area contributed by atoms with Crippen LogP contribution in [0.1, 0.15) is 21.7 Å². The number of amides is 1. The number of hydrogen-bond donors (Lipinski definition) is 1. The van der Waals surface area contributed by atoms with Crippen LogP contribution in [-0.2, 0) is 13.2 Å². The number of H-pyrrole nitrogens is 1. The molecule has 0 aliphatic heterocycles. The van der Waals surface area contributed by atoms with Crippen LogP contribution in [-0.4, -0.2) is 38.5 Å². The molecule has 1 aromatic heterocycles. The Morgan fingerprint density at radius 1 is 1.20 bits per heavy atom. The third-order valence-corrected chi connectivity index (χ3v) is 3.54. The summed E-state index contributed by atoms with van der Waals surface area (Å²) < 4.78 is 18.6. The number of nitrogens with one attached hydrogen (secondary N) is 1. The molecule has 1 heterocycles. The number of aromatic nitrogens is 4. The van der Waals surface area contributed by atoms with Crippen molar-refractivity contribution in [2.75, 3.05) is 7.05 Å². The highest BCUT2D eigenvalue weighted by Gasteiger charge is 2.17. The Labute approximate surface area is 143 Å². The third kappa shape index (κ3) is 4.17. The molecule has 0 aliphatic rings. The molecular weight excluding hydrogens is 325 g/mol. The summed E-state index contributed by atoms with van der Waals surface area (Å²) in [5, 5.41) is 13.4. The topological polar surface area (TPSA) is 84.0 Å². The Morgan fingerprint density at radius 2 is 1.96 bits per heavy atom.